The molecule has 2 rings (SSSR count). The van der Waals surface area contributed by atoms with Crippen LogP contribution in [0.5, 0.6) is 11.5 Å². The van der Waals surface area contributed by atoms with Gasteiger partial charge in [-0.25, -0.2) is 0 Å². The van der Waals surface area contributed by atoms with E-state index in [0.29, 0.717) is 13.1 Å². The van der Waals surface area contributed by atoms with Gasteiger partial charge in [-0.05, 0) is 74.3 Å². The number of benzene rings is 2. The minimum absolute atomic E-state index is 0.159. The van der Waals surface area contributed by atoms with Crippen molar-refractivity contribution < 1.29 is 19.7 Å². The molecule has 0 saturated heterocycles. The molecular formula is C33H53N3O4. The highest BCUT2D eigenvalue weighted by molar-refractivity contribution is 5.44. The van der Waals surface area contributed by atoms with Crippen molar-refractivity contribution in [3.05, 3.63) is 48.5 Å². The monoisotopic (exact) mass is 555 g/mol. The van der Waals surface area contributed by atoms with Gasteiger partial charge in [0.25, 0.3) is 0 Å². The van der Waals surface area contributed by atoms with Crippen LogP contribution in [-0.4, -0.2) is 61.2 Å². The number of hydrogen-bond acceptors (Lipinski definition) is 7. The summed E-state index contributed by atoms with van der Waals surface area (Å²) in [5.74, 6) is 1.75. The largest absolute Gasteiger partial charge is 0.494 e. The molecule has 0 aromatic heterocycles. The number of ether oxygens (including phenoxy) is 2. The zero-order valence-corrected chi connectivity index (χ0v) is 24.8. The van der Waals surface area contributed by atoms with Gasteiger partial charge in [-0.3, -0.25) is 4.90 Å². The second kappa shape index (κ2) is 23.2. The van der Waals surface area contributed by atoms with Crippen molar-refractivity contribution in [2.45, 2.75) is 90.4 Å². The molecule has 0 aliphatic heterocycles. The average Bonchev–Trinajstić information content (AvgIpc) is 2.98. The molecular weight excluding hydrogens is 502 g/mol. The standard InChI is InChI=1S/C33H53N3O4/c1-2-3-4-10-13-28-39-32-19-15-30(16-20-32)34-35-31-17-21-33(22-18-31)40-29-14-11-8-6-5-7-9-12-23-36(24-26-37)25-27-38/h15-22,37-38H,2-14,23-29H2,1H3. The minimum Gasteiger partial charge on any atom is -0.494 e. The zero-order valence-electron chi connectivity index (χ0n) is 24.8. The van der Waals surface area contributed by atoms with Crippen molar-refractivity contribution in [3.8, 4) is 11.5 Å². The van der Waals surface area contributed by atoms with Gasteiger partial charge in [0.05, 0.1) is 37.8 Å². The maximum absolute atomic E-state index is 9.06. The predicted octanol–water partition coefficient (Wildman–Crippen LogP) is 8.24. The Morgan fingerprint density at radius 2 is 0.925 bits per heavy atom. The van der Waals surface area contributed by atoms with E-state index in [1.165, 1.54) is 64.2 Å². The van der Waals surface area contributed by atoms with Crippen LogP contribution in [0.3, 0.4) is 0 Å². The van der Waals surface area contributed by atoms with E-state index >= 15 is 0 Å². The molecule has 2 aromatic rings. The number of aliphatic hydroxyl groups excluding tert-OH is 2. The van der Waals surface area contributed by atoms with Crippen molar-refractivity contribution in [2.24, 2.45) is 10.2 Å². The second-order valence-electron chi connectivity index (χ2n) is 10.4. The lowest BCUT2D eigenvalue weighted by Gasteiger charge is -2.19. The molecule has 0 heterocycles. The summed E-state index contributed by atoms with van der Waals surface area (Å²) in [6.45, 7) is 6.32. The molecule has 224 valence electrons. The third-order valence-electron chi connectivity index (χ3n) is 6.94. The highest BCUT2D eigenvalue weighted by Crippen LogP contribution is 2.23. The van der Waals surface area contributed by atoms with Crippen LogP contribution in [0.1, 0.15) is 90.4 Å². The molecule has 0 spiro atoms. The number of hydrogen-bond donors (Lipinski definition) is 2. The number of azo groups is 1. The lowest BCUT2D eigenvalue weighted by atomic mass is 10.1. The Bertz CT molecular complexity index is 868. The SMILES string of the molecule is CCCCCCCOc1ccc(N=Nc2ccc(OCCCCCCCCCCN(CCO)CCO)cc2)cc1. The van der Waals surface area contributed by atoms with Crippen molar-refractivity contribution in [1.29, 1.82) is 0 Å². The number of unbranched alkanes of at least 4 members (excludes halogenated alkanes) is 11. The number of nitrogens with zero attached hydrogens (tertiary/aromatic N) is 3. The molecule has 0 amide bonds. The maximum Gasteiger partial charge on any atom is 0.119 e. The highest BCUT2D eigenvalue weighted by atomic mass is 16.5. The van der Waals surface area contributed by atoms with Crippen molar-refractivity contribution in [2.75, 3.05) is 46.1 Å². The fourth-order valence-electron chi connectivity index (χ4n) is 4.54. The Morgan fingerprint density at radius 1 is 0.525 bits per heavy atom. The van der Waals surface area contributed by atoms with Gasteiger partial charge in [0.2, 0.25) is 0 Å². The van der Waals surface area contributed by atoms with Crippen molar-refractivity contribution in [1.82, 2.24) is 4.90 Å². The summed E-state index contributed by atoms with van der Waals surface area (Å²) >= 11 is 0. The van der Waals surface area contributed by atoms with Crippen LogP contribution >= 0.6 is 0 Å². The average molecular weight is 556 g/mol. The summed E-state index contributed by atoms with van der Waals surface area (Å²) in [6.07, 6.45) is 15.8. The summed E-state index contributed by atoms with van der Waals surface area (Å²) in [4.78, 5) is 2.13. The third kappa shape index (κ3) is 16.6. The number of aliphatic hydroxyl groups is 2. The minimum atomic E-state index is 0.159. The van der Waals surface area contributed by atoms with Crippen molar-refractivity contribution in [3.63, 3.8) is 0 Å². The van der Waals surface area contributed by atoms with Crippen LogP contribution in [0.4, 0.5) is 11.4 Å². The Kier molecular flexibility index (Phi) is 19.6. The van der Waals surface area contributed by atoms with Gasteiger partial charge in [-0.15, -0.1) is 0 Å². The van der Waals surface area contributed by atoms with Crippen LogP contribution in [-0.2, 0) is 0 Å². The summed E-state index contributed by atoms with van der Waals surface area (Å²) < 4.78 is 11.7. The summed E-state index contributed by atoms with van der Waals surface area (Å²) in [5.41, 5.74) is 1.60. The molecule has 2 aromatic carbocycles. The first-order valence-corrected chi connectivity index (χ1v) is 15.6. The van der Waals surface area contributed by atoms with E-state index in [1.54, 1.807) is 0 Å². The summed E-state index contributed by atoms with van der Waals surface area (Å²) in [5, 5.41) is 26.8. The lowest BCUT2D eigenvalue weighted by molar-refractivity contribution is 0.159. The molecule has 0 bridgehead atoms. The molecule has 40 heavy (non-hydrogen) atoms. The normalized spacial score (nSPS) is 11.5. The molecule has 0 fully saturated rings. The van der Waals surface area contributed by atoms with Crippen LogP contribution in [0.25, 0.3) is 0 Å². The molecule has 0 unspecified atom stereocenters. The molecule has 0 aliphatic carbocycles. The summed E-state index contributed by atoms with van der Waals surface area (Å²) in [6, 6.07) is 15.5. The van der Waals surface area contributed by atoms with Crippen molar-refractivity contribution >= 4 is 11.4 Å². The van der Waals surface area contributed by atoms with Crippen LogP contribution in [0.15, 0.2) is 58.8 Å². The van der Waals surface area contributed by atoms with E-state index in [2.05, 4.69) is 22.1 Å². The Hall–Kier alpha value is -2.48. The maximum atomic E-state index is 9.06. The molecule has 0 saturated carbocycles. The molecule has 7 nitrogen and oxygen atoms in total. The molecule has 2 N–H and O–H groups in total. The van der Waals surface area contributed by atoms with Gasteiger partial charge in [0, 0.05) is 13.1 Å². The van der Waals surface area contributed by atoms with Crippen LogP contribution in [0, 0.1) is 0 Å². The Balaban J connectivity index is 1.50. The molecule has 0 aliphatic rings. The Morgan fingerprint density at radius 3 is 1.35 bits per heavy atom. The van der Waals surface area contributed by atoms with Gasteiger partial charge in [-0.2, -0.15) is 10.2 Å². The Labute approximate surface area is 242 Å². The highest BCUT2D eigenvalue weighted by Gasteiger charge is 2.03. The topological polar surface area (TPSA) is 86.9 Å². The zero-order chi connectivity index (χ0) is 28.5. The smallest absolute Gasteiger partial charge is 0.119 e. The number of rotatable bonds is 25. The molecule has 7 heteroatoms. The molecule has 0 atom stereocenters. The van der Waals surface area contributed by atoms with E-state index in [1.807, 2.05) is 48.5 Å². The van der Waals surface area contributed by atoms with Gasteiger partial charge in [-0.1, -0.05) is 71.1 Å². The van der Waals surface area contributed by atoms with E-state index in [0.717, 1.165) is 61.9 Å². The third-order valence-corrected chi connectivity index (χ3v) is 6.94. The van der Waals surface area contributed by atoms with Gasteiger partial charge >= 0.3 is 0 Å². The van der Waals surface area contributed by atoms with E-state index in [4.69, 9.17) is 19.7 Å². The second-order valence-corrected chi connectivity index (χ2v) is 10.4. The van der Waals surface area contributed by atoms with Crippen LogP contribution in [0.2, 0.25) is 0 Å². The quantitative estimate of drug-likeness (QED) is 0.0951. The van der Waals surface area contributed by atoms with E-state index < -0.39 is 0 Å². The first-order chi connectivity index (χ1) is 19.7. The first-order valence-electron chi connectivity index (χ1n) is 15.6. The van der Waals surface area contributed by atoms with Crippen LogP contribution < -0.4 is 9.47 Å². The van der Waals surface area contributed by atoms with Gasteiger partial charge in [0.15, 0.2) is 0 Å². The van der Waals surface area contributed by atoms with Gasteiger partial charge in [0.1, 0.15) is 11.5 Å². The van der Waals surface area contributed by atoms with E-state index in [-0.39, 0.29) is 13.2 Å². The summed E-state index contributed by atoms with van der Waals surface area (Å²) in [7, 11) is 0. The fourth-order valence-corrected chi connectivity index (χ4v) is 4.54. The molecule has 0 radical (unpaired) electrons. The fraction of sp³-hybridized carbons (Fsp3) is 0.636. The van der Waals surface area contributed by atoms with E-state index in [9.17, 15) is 0 Å². The predicted molar refractivity (Wildman–Crippen MR) is 164 cm³/mol. The first kappa shape index (κ1) is 33.7. The van der Waals surface area contributed by atoms with Gasteiger partial charge < -0.3 is 19.7 Å². The lowest BCUT2D eigenvalue weighted by Crippen LogP contribution is -2.30.